The molecular weight excluding hydrogens is 228 g/mol. The van der Waals surface area contributed by atoms with Crippen molar-refractivity contribution >= 4 is 11.3 Å². The van der Waals surface area contributed by atoms with Crippen LogP contribution < -0.4 is 5.32 Å². The predicted octanol–water partition coefficient (Wildman–Crippen LogP) is 3.47. The molecule has 0 spiro atoms. The molecule has 1 aromatic carbocycles. The first-order valence-electron chi connectivity index (χ1n) is 5.65. The number of benzene rings is 1. The molecule has 17 heavy (non-hydrogen) atoms. The van der Waals surface area contributed by atoms with Gasteiger partial charge in [-0.1, -0.05) is 36.4 Å². The van der Waals surface area contributed by atoms with E-state index in [1.807, 2.05) is 24.3 Å². The first-order chi connectivity index (χ1) is 8.29. The summed E-state index contributed by atoms with van der Waals surface area (Å²) in [6.07, 6.45) is 1.89. The molecule has 0 bridgehead atoms. The Morgan fingerprint density at radius 3 is 2.88 bits per heavy atom. The predicted molar refractivity (Wildman–Crippen MR) is 74.0 cm³/mol. The van der Waals surface area contributed by atoms with Gasteiger partial charge in [0.15, 0.2) is 0 Å². The molecule has 1 N–H and O–H groups in total. The van der Waals surface area contributed by atoms with Crippen molar-refractivity contribution in [3.05, 3.63) is 53.4 Å². The molecule has 0 aliphatic rings. The van der Waals surface area contributed by atoms with E-state index in [0.717, 1.165) is 17.2 Å². The summed E-state index contributed by atoms with van der Waals surface area (Å²) in [6, 6.07) is 10.6. The summed E-state index contributed by atoms with van der Waals surface area (Å²) in [7, 11) is 0. The Hall–Kier alpha value is -1.45. The SMILES string of the molecule is C=CC(C)NCc1nc(-c2ccccc2)cs1. The Morgan fingerprint density at radius 2 is 2.18 bits per heavy atom. The normalized spacial score (nSPS) is 12.3. The zero-order valence-electron chi connectivity index (χ0n) is 9.89. The highest BCUT2D eigenvalue weighted by Crippen LogP contribution is 2.21. The van der Waals surface area contributed by atoms with Gasteiger partial charge in [-0.25, -0.2) is 4.98 Å². The van der Waals surface area contributed by atoms with Crippen LogP contribution in [0.15, 0.2) is 48.4 Å². The Bertz CT molecular complexity index is 476. The number of hydrogen-bond acceptors (Lipinski definition) is 3. The molecule has 0 aliphatic carbocycles. The van der Waals surface area contributed by atoms with Crippen molar-refractivity contribution in [3.8, 4) is 11.3 Å². The molecule has 2 aromatic rings. The Morgan fingerprint density at radius 1 is 1.41 bits per heavy atom. The molecule has 0 radical (unpaired) electrons. The van der Waals surface area contributed by atoms with E-state index in [2.05, 4.69) is 41.3 Å². The summed E-state index contributed by atoms with van der Waals surface area (Å²) in [6.45, 7) is 6.62. The van der Waals surface area contributed by atoms with Crippen LogP contribution in [0.3, 0.4) is 0 Å². The monoisotopic (exact) mass is 244 g/mol. The second-order valence-corrected chi connectivity index (χ2v) is 4.84. The van der Waals surface area contributed by atoms with Crippen molar-refractivity contribution < 1.29 is 0 Å². The fourth-order valence-electron chi connectivity index (χ4n) is 1.47. The van der Waals surface area contributed by atoms with Crippen LogP contribution in [-0.2, 0) is 6.54 Å². The highest BCUT2D eigenvalue weighted by atomic mass is 32.1. The third kappa shape index (κ3) is 3.25. The maximum Gasteiger partial charge on any atom is 0.107 e. The van der Waals surface area contributed by atoms with E-state index < -0.39 is 0 Å². The van der Waals surface area contributed by atoms with Gasteiger partial charge in [0.05, 0.1) is 5.69 Å². The van der Waals surface area contributed by atoms with Gasteiger partial charge in [0.1, 0.15) is 5.01 Å². The lowest BCUT2D eigenvalue weighted by atomic mass is 10.2. The summed E-state index contributed by atoms with van der Waals surface area (Å²) >= 11 is 1.69. The van der Waals surface area contributed by atoms with Crippen molar-refractivity contribution in [2.75, 3.05) is 0 Å². The van der Waals surface area contributed by atoms with E-state index in [9.17, 15) is 0 Å². The topological polar surface area (TPSA) is 24.9 Å². The fraction of sp³-hybridized carbons (Fsp3) is 0.214. The van der Waals surface area contributed by atoms with E-state index in [1.54, 1.807) is 11.3 Å². The van der Waals surface area contributed by atoms with Gasteiger partial charge in [-0.2, -0.15) is 0 Å². The van der Waals surface area contributed by atoms with Crippen LogP contribution in [0, 0.1) is 0 Å². The van der Waals surface area contributed by atoms with Gasteiger partial charge in [-0.05, 0) is 6.92 Å². The minimum atomic E-state index is 0.319. The van der Waals surface area contributed by atoms with Gasteiger partial charge in [0.25, 0.3) is 0 Å². The highest BCUT2D eigenvalue weighted by Gasteiger charge is 2.04. The zero-order valence-corrected chi connectivity index (χ0v) is 10.7. The molecule has 1 heterocycles. The van der Waals surface area contributed by atoms with E-state index in [0.29, 0.717) is 6.04 Å². The Kier molecular flexibility index (Phi) is 4.07. The van der Waals surface area contributed by atoms with Gasteiger partial charge in [-0.3, -0.25) is 0 Å². The molecule has 0 saturated heterocycles. The summed E-state index contributed by atoms with van der Waals surface area (Å²) in [4.78, 5) is 4.61. The van der Waals surface area contributed by atoms with Gasteiger partial charge in [-0.15, -0.1) is 17.9 Å². The second-order valence-electron chi connectivity index (χ2n) is 3.90. The third-order valence-corrected chi connectivity index (χ3v) is 3.40. The largest absolute Gasteiger partial charge is 0.304 e. The smallest absolute Gasteiger partial charge is 0.107 e. The van der Waals surface area contributed by atoms with Crippen LogP contribution in [0.1, 0.15) is 11.9 Å². The van der Waals surface area contributed by atoms with Crippen LogP contribution in [0.25, 0.3) is 11.3 Å². The average Bonchev–Trinajstić information content (AvgIpc) is 2.86. The molecule has 0 aliphatic heterocycles. The van der Waals surface area contributed by atoms with Crippen LogP contribution in [0.4, 0.5) is 0 Å². The summed E-state index contributed by atoms with van der Waals surface area (Å²) in [5, 5.41) is 6.55. The number of rotatable bonds is 5. The molecule has 2 nitrogen and oxygen atoms in total. The van der Waals surface area contributed by atoms with Crippen LogP contribution in [0.5, 0.6) is 0 Å². The molecular formula is C14H16N2S. The van der Waals surface area contributed by atoms with E-state index >= 15 is 0 Å². The number of hydrogen-bond donors (Lipinski definition) is 1. The molecule has 1 atom stereocenters. The number of thiazole rings is 1. The van der Waals surface area contributed by atoms with Crippen molar-refractivity contribution in [2.24, 2.45) is 0 Å². The van der Waals surface area contributed by atoms with Crippen LogP contribution in [0.2, 0.25) is 0 Å². The summed E-state index contributed by atoms with van der Waals surface area (Å²) in [5.41, 5.74) is 2.23. The molecule has 0 fully saturated rings. The minimum Gasteiger partial charge on any atom is -0.304 e. The quantitative estimate of drug-likeness (QED) is 0.815. The summed E-state index contributed by atoms with van der Waals surface area (Å²) < 4.78 is 0. The number of nitrogens with one attached hydrogen (secondary N) is 1. The lowest BCUT2D eigenvalue weighted by molar-refractivity contribution is 0.632. The zero-order chi connectivity index (χ0) is 12.1. The molecule has 88 valence electrons. The molecule has 1 aromatic heterocycles. The maximum atomic E-state index is 4.61. The van der Waals surface area contributed by atoms with Crippen LogP contribution >= 0.6 is 11.3 Å². The van der Waals surface area contributed by atoms with Gasteiger partial charge >= 0.3 is 0 Å². The minimum absolute atomic E-state index is 0.319. The lowest BCUT2D eigenvalue weighted by Crippen LogP contribution is -2.22. The number of nitrogens with zero attached hydrogens (tertiary/aromatic N) is 1. The van der Waals surface area contributed by atoms with Crippen molar-refractivity contribution in [1.29, 1.82) is 0 Å². The van der Waals surface area contributed by atoms with Gasteiger partial charge in [0, 0.05) is 23.5 Å². The first kappa shape index (κ1) is 12.0. The van der Waals surface area contributed by atoms with Gasteiger partial charge in [0.2, 0.25) is 0 Å². The maximum absolute atomic E-state index is 4.61. The molecule has 3 heteroatoms. The van der Waals surface area contributed by atoms with Crippen molar-refractivity contribution in [3.63, 3.8) is 0 Å². The second kappa shape index (κ2) is 5.75. The first-order valence-corrected chi connectivity index (χ1v) is 6.53. The molecule has 0 amide bonds. The lowest BCUT2D eigenvalue weighted by Gasteiger charge is -2.05. The Balaban J connectivity index is 2.04. The Labute approximate surface area is 106 Å². The fourth-order valence-corrected chi connectivity index (χ4v) is 2.22. The molecule has 1 unspecified atom stereocenters. The highest BCUT2D eigenvalue weighted by molar-refractivity contribution is 7.09. The molecule has 2 rings (SSSR count). The average molecular weight is 244 g/mol. The third-order valence-electron chi connectivity index (χ3n) is 2.55. The van der Waals surface area contributed by atoms with Crippen molar-refractivity contribution in [2.45, 2.75) is 19.5 Å². The van der Waals surface area contributed by atoms with E-state index in [4.69, 9.17) is 0 Å². The van der Waals surface area contributed by atoms with Crippen molar-refractivity contribution in [1.82, 2.24) is 10.3 Å². The summed E-state index contributed by atoms with van der Waals surface area (Å²) in [5.74, 6) is 0. The standard InChI is InChI=1S/C14H16N2S/c1-3-11(2)15-9-14-16-13(10-17-14)12-7-5-4-6-8-12/h3-8,10-11,15H,1,9H2,2H3. The number of aromatic nitrogens is 1. The van der Waals surface area contributed by atoms with Gasteiger partial charge < -0.3 is 5.32 Å². The molecule has 0 saturated carbocycles. The van der Waals surface area contributed by atoms with E-state index in [-0.39, 0.29) is 0 Å². The van der Waals surface area contributed by atoms with E-state index in [1.165, 1.54) is 5.56 Å². The van der Waals surface area contributed by atoms with Crippen LogP contribution in [-0.4, -0.2) is 11.0 Å².